The number of benzene rings is 1. The zero-order valence-corrected chi connectivity index (χ0v) is 23.4. The van der Waals surface area contributed by atoms with Crippen LogP contribution in [0.15, 0.2) is 35.3 Å². The quantitative estimate of drug-likeness (QED) is 0.334. The minimum atomic E-state index is -1.16. The number of aliphatic hydroxyl groups excluding tert-OH is 1. The Balaban J connectivity index is 1.65. The summed E-state index contributed by atoms with van der Waals surface area (Å²) < 4.78 is 14.6. The fourth-order valence-corrected chi connectivity index (χ4v) is 4.89. The van der Waals surface area contributed by atoms with Gasteiger partial charge in [0, 0.05) is 50.7 Å². The van der Waals surface area contributed by atoms with Gasteiger partial charge in [0.25, 0.3) is 5.56 Å². The van der Waals surface area contributed by atoms with Crippen molar-refractivity contribution in [2.75, 3.05) is 19.8 Å². The molecule has 4 rings (SSSR count). The van der Waals surface area contributed by atoms with Crippen LogP contribution in [-0.4, -0.2) is 67.9 Å². The van der Waals surface area contributed by atoms with Gasteiger partial charge in [-0.25, -0.2) is 4.98 Å². The number of nitrogens with zero attached hydrogens (tertiary/aromatic N) is 3. The van der Waals surface area contributed by atoms with E-state index in [1.165, 1.54) is 6.92 Å². The first-order valence-corrected chi connectivity index (χ1v) is 13.5. The van der Waals surface area contributed by atoms with Crippen LogP contribution in [0.5, 0.6) is 0 Å². The van der Waals surface area contributed by atoms with Gasteiger partial charge in [0.1, 0.15) is 18.5 Å². The van der Waals surface area contributed by atoms with Gasteiger partial charge in [-0.2, -0.15) is 0 Å². The van der Waals surface area contributed by atoms with Crippen molar-refractivity contribution in [2.45, 2.75) is 71.4 Å². The summed E-state index contributed by atoms with van der Waals surface area (Å²) >= 11 is 0. The highest BCUT2D eigenvalue weighted by Crippen LogP contribution is 2.29. The second-order valence-corrected chi connectivity index (χ2v) is 11.3. The molecule has 1 fully saturated rings. The number of nitrogens with one attached hydrogen (secondary N) is 1. The van der Waals surface area contributed by atoms with E-state index in [9.17, 15) is 19.8 Å². The van der Waals surface area contributed by atoms with Crippen molar-refractivity contribution < 1.29 is 24.5 Å². The van der Waals surface area contributed by atoms with Gasteiger partial charge in [0.05, 0.1) is 22.7 Å². The fourth-order valence-electron chi connectivity index (χ4n) is 4.89. The third-order valence-corrected chi connectivity index (χ3v) is 7.05. The first-order valence-electron chi connectivity index (χ1n) is 13.5. The molecule has 0 amide bonds. The highest BCUT2D eigenvalue weighted by atomic mass is 16.5. The average Bonchev–Trinajstić information content (AvgIpc) is 3.23. The molecule has 1 saturated heterocycles. The van der Waals surface area contributed by atoms with E-state index in [1.807, 2.05) is 37.4 Å². The van der Waals surface area contributed by atoms with Gasteiger partial charge < -0.3 is 28.8 Å². The van der Waals surface area contributed by atoms with E-state index < -0.39 is 23.7 Å². The molecule has 2 atom stereocenters. The smallest absolute Gasteiger partial charge is 0.325 e. The molecule has 3 aromatic rings. The lowest BCUT2D eigenvalue weighted by atomic mass is 10.00. The highest BCUT2D eigenvalue weighted by Gasteiger charge is 2.27. The van der Waals surface area contributed by atoms with Crippen LogP contribution in [0, 0.1) is 12.8 Å². The van der Waals surface area contributed by atoms with E-state index in [2.05, 4.69) is 9.88 Å². The lowest BCUT2D eigenvalue weighted by Crippen LogP contribution is -2.46. The second-order valence-electron chi connectivity index (χ2n) is 11.3. The molecule has 1 aliphatic heterocycles. The predicted molar refractivity (Wildman–Crippen MR) is 148 cm³/mol. The molecule has 0 saturated carbocycles. The number of esters is 1. The van der Waals surface area contributed by atoms with Crippen molar-refractivity contribution >= 4 is 17.0 Å². The third kappa shape index (κ3) is 7.13. The molecule has 1 aliphatic rings. The second kappa shape index (κ2) is 12.0. The Labute approximate surface area is 228 Å². The summed E-state index contributed by atoms with van der Waals surface area (Å²) in [5.41, 5.74) is 3.05. The molecule has 1 aromatic carbocycles. The Kier molecular flexibility index (Phi) is 8.90. The molecule has 3 heterocycles. The van der Waals surface area contributed by atoms with Crippen LogP contribution in [0.2, 0.25) is 0 Å². The minimum Gasteiger partial charge on any atom is -0.461 e. The summed E-state index contributed by atoms with van der Waals surface area (Å²) in [4.78, 5) is 29.9. The molecule has 10 heteroatoms. The van der Waals surface area contributed by atoms with Crippen LogP contribution in [0.25, 0.3) is 22.4 Å². The lowest BCUT2D eigenvalue weighted by molar-refractivity contribution is -0.155. The summed E-state index contributed by atoms with van der Waals surface area (Å²) in [6.45, 7) is 8.84. The minimum absolute atomic E-state index is 0.0343. The van der Waals surface area contributed by atoms with E-state index in [1.54, 1.807) is 25.5 Å². The fraction of sp³-hybridized carbons (Fsp3) is 0.552. The number of carbonyl (C=O) groups excluding carboxylic acids is 1. The molecule has 212 valence electrons. The Morgan fingerprint density at radius 1 is 1.28 bits per heavy atom. The van der Waals surface area contributed by atoms with Crippen LogP contribution in [0.4, 0.5) is 0 Å². The van der Waals surface area contributed by atoms with Crippen LogP contribution in [0.3, 0.4) is 0 Å². The number of hydrogen-bond donors (Lipinski definition) is 3. The number of rotatable bonds is 10. The van der Waals surface area contributed by atoms with Crippen LogP contribution in [0.1, 0.15) is 44.7 Å². The standard InChI is InChI=1S/C29H40N4O6/c1-18-12-22(16-32(5)27(18)35)26-31-23-7-6-21(13-24(23)33(26)15-20-8-10-38-11-9-20)14-30-25(19(2)34)28(36)39-17-29(3,4)37/h6-7,12-13,16,19-20,25,30,34,37H,8-11,14-15,17H2,1-5H3. The molecule has 0 spiro atoms. The first kappa shape index (κ1) is 28.9. The summed E-state index contributed by atoms with van der Waals surface area (Å²) in [6, 6.07) is 6.89. The molecular formula is C29H40N4O6. The molecular weight excluding hydrogens is 500 g/mol. The van der Waals surface area contributed by atoms with E-state index in [0.29, 0.717) is 18.0 Å². The van der Waals surface area contributed by atoms with Gasteiger partial charge in [-0.3, -0.25) is 14.9 Å². The van der Waals surface area contributed by atoms with Crippen molar-refractivity contribution in [3.63, 3.8) is 0 Å². The van der Waals surface area contributed by atoms with Gasteiger partial charge in [0.2, 0.25) is 0 Å². The SMILES string of the molecule is Cc1cc(-c2nc3ccc(CNC(C(=O)OCC(C)(C)O)C(C)O)cc3n2CC2CCOCC2)cn(C)c1=O. The lowest BCUT2D eigenvalue weighted by Gasteiger charge is -2.24. The van der Waals surface area contributed by atoms with E-state index in [-0.39, 0.29) is 12.2 Å². The number of hydrogen-bond acceptors (Lipinski definition) is 8. The van der Waals surface area contributed by atoms with Gasteiger partial charge in [-0.15, -0.1) is 0 Å². The van der Waals surface area contributed by atoms with Crippen molar-refractivity contribution in [1.82, 2.24) is 19.4 Å². The van der Waals surface area contributed by atoms with E-state index in [0.717, 1.165) is 60.6 Å². The zero-order chi connectivity index (χ0) is 28.3. The van der Waals surface area contributed by atoms with Crippen molar-refractivity contribution in [1.29, 1.82) is 0 Å². The Morgan fingerprint density at radius 3 is 2.64 bits per heavy atom. The molecule has 0 bridgehead atoms. The van der Waals surface area contributed by atoms with Gasteiger partial charge in [-0.05, 0) is 70.2 Å². The molecule has 0 radical (unpaired) electrons. The normalized spacial score (nSPS) is 16.4. The zero-order valence-electron chi connectivity index (χ0n) is 23.4. The maximum atomic E-state index is 12.6. The number of ether oxygens (including phenoxy) is 2. The van der Waals surface area contributed by atoms with E-state index in [4.69, 9.17) is 14.5 Å². The van der Waals surface area contributed by atoms with Crippen molar-refractivity contribution in [2.24, 2.45) is 13.0 Å². The molecule has 10 nitrogen and oxygen atoms in total. The topological polar surface area (TPSA) is 128 Å². The Hall–Kier alpha value is -3.05. The van der Waals surface area contributed by atoms with Crippen LogP contribution < -0.4 is 10.9 Å². The number of fused-ring (bicyclic) bond motifs is 1. The summed E-state index contributed by atoms with van der Waals surface area (Å²) in [7, 11) is 1.75. The van der Waals surface area contributed by atoms with Gasteiger partial charge in [-0.1, -0.05) is 6.07 Å². The van der Waals surface area contributed by atoms with Gasteiger partial charge >= 0.3 is 5.97 Å². The number of aryl methyl sites for hydroxylation is 2. The maximum absolute atomic E-state index is 12.6. The summed E-state index contributed by atoms with van der Waals surface area (Å²) in [5.74, 6) is 0.623. The van der Waals surface area contributed by atoms with Crippen molar-refractivity contribution in [3.8, 4) is 11.4 Å². The molecule has 2 unspecified atom stereocenters. The van der Waals surface area contributed by atoms with Crippen LogP contribution >= 0.6 is 0 Å². The maximum Gasteiger partial charge on any atom is 0.325 e. The first-order chi connectivity index (χ1) is 18.4. The Bertz CT molecular complexity index is 1340. The summed E-state index contributed by atoms with van der Waals surface area (Å²) in [6.07, 6.45) is 2.78. The van der Waals surface area contributed by atoms with Gasteiger partial charge in [0.15, 0.2) is 0 Å². The molecule has 39 heavy (non-hydrogen) atoms. The largest absolute Gasteiger partial charge is 0.461 e. The monoisotopic (exact) mass is 540 g/mol. The third-order valence-electron chi connectivity index (χ3n) is 7.05. The van der Waals surface area contributed by atoms with Crippen molar-refractivity contribution in [3.05, 3.63) is 51.9 Å². The van der Waals surface area contributed by atoms with Crippen LogP contribution in [-0.2, 0) is 34.4 Å². The Morgan fingerprint density at radius 2 is 2.00 bits per heavy atom. The molecule has 3 N–H and O–H groups in total. The molecule has 0 aliphatic carbocycles. The number of aliphatic hydroxyl groups is 2. The molecule has 2 aromatic heterocycles. The number of aromatic nitrogens is 3. The predicted octanol–water partition coefficient (Wildman–Crippen LogP) is 2.29. The number of imidazole rings is 1. The average molecular weight is 541 g/mol. The number of pyridine rings is 1. The highest BCUT2D eigenvalue weighted by molar-refractivity contribution is 5.81. The number of carbonyl (C=O) groups is 1. The summed E-state index contributed by atoms with van der Waals surface area (Å²) in [5, 5.41) is 23.2. The van der Waals surface area contributed by atoms with E-state index >= 15 is 0 Å².